The third-order valence-corrected chi connectivity index (χ3v) is 3.96. The van der Waals surface area contributed by atoms with E-state index in [1.165, 1.54) is 31.2 Å². The molecule has 1 unspecified atom stereocenters. The molecule has 0 saturated heterocycles. The van der Waals surface area contributed by atoms with Crippen molar-refractivity contribution in [2.75, 3.05) is 7.11 Å². The van der Waals surface area contributed by atoms with E-state index in [9.17, 15) is 4.21 Å². The Hall–Kier alpha value is -0.870. The van der Waals surface area contributed by atoms with E-state index in [1.807, 2.05) is 12.1 Å². The molecular formula is C14H20O3S. The zero-order valence-electron chi connectivity index (χ0n) is 10.7. The van der Waals surface area contributed by atoms with Gasteiger partial charge in [0.1, 0.15) is 5.75 Å². The summed E-state index contributed by atoms with van der Waals surface area (Å²) in [6.45, 7) is 0. The summed E-state index contributed by atoms with van der Waals surface area (Å²) in [7, 11) is 1.59. The monoisotopic (exact) mass is 268 g/mol. The summed E-state index contributed by atoms with van der Waals surface area (Å²) in [5.41, 5.74) is 2.05. The van der Waals surface area contributed by atoms with Gasteiger partial charge < -0.3 is 9.29 Å². The van der Waals surface area contributed by atoms with Crippen LogP contribution >= 0.6 is 0 Å². The van der Waals surface area contributed by atoms with E-state index in [1.54, 1.807) is 7.11 Å². The molecular weight excluding hydrogens is 248 g/mol. The fourth-order valence-electron chi connectivity index (χ4n) is 2.23. The van der Waals surface area contributed by atoms with Gasteiger partial charge in [-0.1, -0.05) is 31.4 Å². The maximum absolute atomic E-state index is 10.9. The Morgan fingerprint density at radius 1 is 1.44 bits per heavy atom. The van der Waals surface area contributed by atoms with Crippen molar-refractivity contribution in [3.8, 4) is 5.75 Å². The molecule has 1 fully saturated rings. The van der Waals surface area contributed by atoms with Crippen LogP contribution in [0.2, 0.25) is 0 Å². The van der Waals surface area contributed by atoms with Crippen LogP contribution in [-0.2, 0) is 23.3 Å². The fourth-order valence-corrected chi connectivity index (χ4v) is 2.73. The molecule has 1 atom stereocenters. The first-order chi connectivity index (χ1) is 8.69. The number of rotatable bonds is 7. The van der Waals surface area contributed by atoms with Crippen molar-refractivity contribution in [2.45, 2.75) is 37.9 Å². The topological polar surface area (TPSA) is 46.5 Å². The SMILES string of the molecule is COc1ccc(CCCC2CC2)cc1CS(=O)O. The van der Waals surface area contributed by atoms with Gasteiger partial charge in [-0.05, 0) is 30.4 Å². The highest BCUT2D eigenvalue weighted by atomic mass is 32.2. The number of ether oxygens (including phenoxy) is 1. The van der Waals surface area contributed by atoms with E-state index in [4.69, 9.17) is 9.29 Å². The van der Waals surface area contributed by atoms with Crippen LogP contribution in [0.1, 0.15) is 36.8 Å². The summed E-state index contributed by atoms with van der Waals surface area (Å²) >= 11 is -1.82. The molecule has 0 bridgehead atoms. The molecule has 18 heavy (non-hydrogen) atoms. The summed E-state index contributed by atoms with van der Waals surface area (Å²) in [5, 5.41) is 0. The molecule has 0 radical (unpaired) electrons. The minimum atomic E-state index is -1.82. The van der Waals surface area contributed by atoms with Gasteiger partial charge in [0.05, 0.1) is 12.9 Å². The first-order valence-corrected chi connectivity index (χ1v) is 7.70. The van der Waals surface area contributed by atoms with E-state index in [-0.39, 0.29) is 5.75 Å². The number of hydrogen-bond donors (Lipinski definition) is 1. The lowest BCUT2D eigenvalue weighted by atomic mass is 10.0. The highest BCUT2D eigenvalue weighted by Gasteiger charge is 2.20. The predicted octanol–water partition coefficient (Wildman–Crippen LogP) is 3.15. The highest BCUT2D eigenvalue weighted by Crippen LogP contribution is 2.34. The van der Waals surface area contributed by atoms with Crippen LogP contribution in [0.4, 0.5) is 0 Å². The van der Waals surface area contributed by atoms with Gasteiger partial charge in [-0.3, -0.25) is 0 Å². The Bertz CT molecular complexity index is 427. The van der Waals surface area contributed by atoms with Crippen LogP contribution in [0, 0.1) is 5.92 Å². The summed E-state index contributed by atoms with van der Waals surface area (Å²) in [5.74, 6) is 1.80. The molecule has 100 valence electrons. The molecule has 4 heteroatoms. The third-order valence-electron chi connectivity index (χ3n) is 3.40. The van der Waals surface area contributed by atoms with Crippen molar-refractivity contribution in [3.63, 3.8) is 0 Å². The number of methoxy groups -OCH3 is 1. The smallest absolute Gasteiger partial charge is 0.157 e. The maximum atomic E-state index is 10.9. The Kier molecular flexibility index (Phi) is 4.78. The quantitative estimate of drug-likeness (QED) is 0.773. The Morgan fingerprint density at radius 3 is 2.83 bits per heavy atom. The summed E-state index contributed by atoms with van der Waals surface area (Å²) in [6.07, 6.45) is 6.37. The van der Waals surface area contributed by atoms with Crippen molar-refractivity contribution in [2.24, 2.45) is 5.92 Å². The van der Waals surface area contributed by atoms with E-state index in [2.05, 4.69) is 6.07 Å². The van der Waals surface area contributed by atoms with Gasteiger partial charge in [-0.25, -0.2) is 4.21 Å². The predicted molar refractivity (Wildman–Crippen MR) is 73.1 cm³/mol. The highest BCUT2D eigenvalue weighted by molar-refractivity contribution is 7.78. The average molecular weight is 268 g/mol. The van der Waals surface area contributed by atoms with Crippen LogP contribution in [0.3, 0.4) is 0 Å². The second-order valence-electron chi connectivity index (χ2n) is 4.95. The molecule has 0 aromatic heterocycles. The normalized spacial score (nSPS) is 16.6. The summed E-state index contributed by atoms with van der Waals surface area (Å²) in [4.78, 5) is 0. The molecule has 1 aliphatic rings. The maximum Gasteiger partial charge on any atom is 0.157 e. The van der Waals surface area contributed by atoms with Gasteiger partial charge in [0, 0.05) is 5.56 Å². The molecule has 1 aromatic rings. The lowest BCUT2D eigenvalue weighted by Crippen LogP contribution is -1.99. The zero-order chi connectivity index (χ0) is 13.0. The lowest BCUT2D eigenvalue weighted by Gasteiger charge is -2.09. The van der Waals surface area contributed by atoms with Gasteiger partial charge in [0.15, 0.2) is 11.1 Å². The molecule has 3 nitrogen and oxygen atoms in total. The van der Waals surface area contributed by atoms with Gasteiger partial charge in [-0.2, -0.15) is 0 Å². The first-order valence-electron chi connectivity index (χ1n) is 6.42. The summed E-state index contributed by atoms with van der Waals surface area (Å²) < 4.78 is 25.1. The number of aryl methyl sites for hydroxylation is 1. The minimum Gasteiger partial charge on any atom is -0.496 e. The van der Waals surface area contributed by atoms with Crippen LogP contribution in [0.5, 0.6) is 5.75 Å². The Balaban J connectivity index is 1.98. The summed E-state index contributed by atoms with van der Waals surface area (Å²) in [6, 6.07) is 5.95. The fraction of sp³-hybridized carbons (Fsp3) is 0.571. The molecule has 0 heterocycles. The number of hydrogen-bond acceptors (Lipinski definition) is 2. The minimum absolute atomic E-state index is 0.139. The molecule has 1 aromatic carbocycles. The average Bonchev–Trinajstić information content (AvgIpc) is 3.13. The van der Waals surface area contributed by atoms with Gasteiger partial charge in [0.25, 0.3) is 0 Å². The van der Waals surface area contributed by atoms with E-state index in [0.29, 0.717) is 5.75 Å². The zero-order valence-corrected chi connectivity index (χ0v) is 11.5. The molecule has 0 amide bonds. The standard InChI is InChI=1S/C14H20O3S/c1-17-14-8-7-12(4-2-3-11-5-6-11)9-13(14)10-18(15)16/h7-9,11H,2-6,10H2,1H3,(H,15,16). The van der Waals surface area contributed by atoms with Crippen molar-refractivity contribution < 1.29 is 13.5 Å². The molecule has 0 aliphatic heterocycles. The molecule has 2 rings (SSSR count). The molecule has 1 saturated carbocycles. The van der Waals surface area contributed by atoms with Crippen molar-refractivity contribution >= 4 is 11.1 Å². The second kappa shape index (κ2) is 6.34. The van der Waals surface area contributed by atoms with Crippen molar-refractivity contribution in [3.05, 3.63) is 29.3 Å². The molecule has 0 spiro atoms. The molecule has 1 N–H and O–H groups in total. The van der Waals surface area contributed by atoms with Crippen LogP contribution in [-0.4, -0.2) is 15.9 Å². The Morgan fingerprint density at radius 2 is 2.22 bits per heavy atom. The molecule has 1 aliphatic carbocycles. The van der Waals surface area contributed by atoms with Gasteiger partial charge >= 0.3 is 0 Å². The van der Waals surface area contributed by atoms with E-state index >= 15 is 0 Å². The van der Waals surface area contributed by atoms with Crippen molar-refractivity contribution in [1.29, 1.82) is 0 Å². The first kappa shape index (κ1) is 13.6. The Labute approximate surface area is 111 Å². The van der Waals surface area contributed by atoms with Crippen LogP contribution < -0.4 is 4.74 Å². The second-order valence-corrected chi connectivity index (χ2v) is 5.88. The van der Waals surface area contributed by atoms with E-state index in [0.717, 1.165) is 17.9 Å². The van der Waals surface area contributed by atoms with Gasteiger partial charge in [0.2, 0.25) is 0 Å². The number of benzene rings is 1. The third kappa shape index (κ3) is 4.10. The lowest BCUT2D eigenvalue weighted by molar-refractivity contribution is 0.410. The van der Waals surface area contributed by atoms with E-state index < -0.39 is 11.1 Å². The largest absolute Gasteiger partial charge is 0.496 e. The van der Waals surface area contributed by atoms with Gasteiger partial charge in [-0.15, -0.1) is 0 Å². The van der Waals surface area contributed by atoms with Crippen LogP contribution in [0.15, 0.2) is 18.2 Å². The van der Waals surface area contributed by atoms with Crippen LogP contribution in [0.25, 0.3) is 0 Å². The van der Waals surface area contributed by atoms with Crippen molar-refractivity contribution in [1.82, 2.24) is 0 Å².